The van der Waals surface area contributed by atoms with Crippen molar-refractivity contribution in [2.75, 3.05) is 32.1 Å². The largest absolute Gasteiger partial charge is 0.445 e. The highest BCUT2D eigenvalue weighted by Gasteiger charge is 2.35. The van der Waals surface area contributed by atoms with Crippen molar-refractivity contribution >= 4 is 29.0 Å². The van der Waals surface area contributed by atoms with Gasteiger partial charge in [0, 0.05) is 50.2 Å². The van der Waals surface area contributed by atoms with Crippen molar-refractivity contribution in [3.05, 3.63) is 66.6 Å². The number of aromatic nitrogens is 3. The molecule has 1 saturated heterocycles. The molecule has 0 spiro atoms. The van der Waals surface area contributed by atoms with E-state index in [-0.39, 0.29) is 18.6 Å². The number of benzene rings is 1. The molecule has 2 atom stereocenters. The van der Waals surface area contributed by atoms with E-state index in [2.05, 4.69) is 43.4 Å². The Hall–Kier alpha value is -4.36. The maximum absolute atomic E-state index is 12.6. The van der Waals surface area contributed by atoms with E-state index in [9.17, 15) is 9.59 Å². The number of carbonyl (C=O) groups excluding carboxylic acids is 2. The molecule has 3 aromatic rings. The second-order valence-corrected chi connectivity index (χ2v) is 8.48. The number of hydrogen-bond donors (Lipinski definition) is 3. The number of fused-ring (bicyclic) bond motifs is 1. The van der Waals surface area contributed by atoms with Crippen molar-refractivity contribution in [1.29, 1.82) is 0 Å². The lowest BCUT2D eigenvalue weighted by atomic mass is 9.91. The number of alkyl carbamates (subject to hydrolysis) is 1. The average molecular weight is 488 g/mol. The Morgan fingerprint density at radius 3 is 3.00 bits per heavy atom. The van der Waals surface area contributed by atoms with Gasteiger partial charge in [0.15, 0.2) is 5.82 Å². The number of terminal acetylenes is 1. The van der Waals surface area contributed by atoms with Gasteiger partial charge in [0.25, 0.3) is 0 Å². The predicted molar refractivity (Wildman–Crippen MR) is 137 cm³/mol. The van der Waals surface area contributed by atoms with Crippen LogP contribution < -0.4 is 16.0 Å². The normalized spacial score (nSPS) is 17.7. The van der Waals surface area contributed by atoms with Crippen LogP contribution in [0.3, 0.4) is 0 Å². The van der Waals surface area contributed by atoms with Crippen LogP contribution in [0.2, 0.25) is 0 Å². The lowest BCUT2D eigenvalue weighted by Crippen LogP contribution is -2.55. The van der Waals surface area contributed by atoms with Gasteiger partial charge in [-0.1, -0.05) is 24.6 Å². The zero-order chi connectivity index (χ0) is 25.5. The third-order valence-corrected chi connectivity index (χ3v) is 6.14. The maximum Gasteiger partial charge on any atom is 0.407 e. The third-order valence-electron chi connectivity index (χ3n) is 6.14. The first-order valence-corrected chi connectivity index (χ1v) is 11.7. The monoisotopic (exact) mass is 487 g/mol. The zero-order valence-electron chi connectivity index (χ0n) is 20.1. The molecule has 0 saturated carbocycles. The predicted octanol–water partition coefficient (Wildman–Crippen LogP) is 2.30. The molecule has 0 radical (unpaired) electrons. The number of amides is 2. The van der Waals surface area contributed by atoms with Crippen molar-refractivity contribution in [3.8, 4) is 12.3 Å². The van der Waals surface area contributed by atoms with Crippen LogP contribution in [0.4, 0.5) is 16.3 Å². The summed E-state index contributed by atoms with van der Waals surface area (Å²) in [6.45, 7) is 5.41. The summed E-state index contributed by atoms with van der Waals surface area (Å²) in [5.41, 5.74) is 3.45. The molecule has 186 valence electrons. The smallest absolute Gasteiger partial charge is 0.407 e. The highest BCUT2D eigenvalue weighted by atomic mass is 16.5. The number of hydrogen-bond acceptors (Lipinski definition) is 7. The van der Waals surface area contributed by atoms with Crippen LogP contribution in [0.15, 0.2) is 55.5 Å². The van der Waals surface area contributed by atoms with Gasteiger partial charge in [-0.25, -0.2) is 14.3 Å². The highest BCUT2D eigenvalue weighted by Crippen LogP contribution is 2.26. The molecule has 1 aromatic carbocycles. The summed E-state index contributed by atoms with van der Waals surface area (Å²) in [6, 6.07) is 9.23. The van der Waals surface area contributed by atoms with E-state index in [1.807, 2.05) is 36.5 Å². The third kappa shape index (κ3) is 5.64. The number of likely N-dealkylation sites (tertiary alicyclic amines) is 1. The first kappa shape index (κ1) is 24.8. The molecule has 2 amide bonds. The Kier molecular flexibility index (Phi) is 7.82. The van der Waals surface area contributed by atoms with E-state index >= 15 is 0 Å². The number of ether oxygens (including phenoxy) is 1. The summed E-state index contributed by atoms with van der Waals surface area (Å²) >= 11 is 0. The second kappa shape index (κ2) is 11.4. The van der Waals surface area contributed by atoms with Crippen LogP contribution in [0.1, 0.15) is 17.5 Å². The molecule has 1 aliphatic rings. The van der Waals surface area contributed by atoms with E-state index in [0.717, 1.165) is 22.3 Å². The SMILES string of the molecule is C#Cc1cccc(Nc2ncnn3ccc(CN4CC[C@@H](NC(=O)OCC=C)[C@H](C(=O)NC)C4)c23)c1. The highest BCUT2D eigenvalue weighted by molar-refractivity contribution is 5.80. The summed E-state index contributed by atoms with van der Waals surface area (Å²) in [5, 5.41) is 13.2. The van der Waals surface area contributed by atoms with Gasteiger partial charge in [0.05, 0.1) is 5.92 Å². The van der Waals surface area contributed by atoms with E-state index in [0.29, 0.717) is 31.9 Å². The van der Waals surface area contributed by atoms with Crippen LogP contribution >= 0.6 is 0 Å². The minimum Gasteiger partial charge on any atom is -0.445 e. The Labute approximate surface area is 209 Å². The van der Waals surface area contributed by atoms with Gasteiger partial charge in [0.2, 0.25) is 5.91 Å². The van der Waals surface area contributed by atoms with Crippen LogP contribution in [0, 0.1) is 18.3 Å². The molecular weight excluding hydrogens is 458 g/mol. The summed E-state index contributed by atoms with van der Waals surface area (Å²) in [6.07, 6.45) is 10.5. The lowest BCUT2D eigenvalue weighted by Gasteiger charge is -2.37. The topological polar surface area (TPSA) is 113 Å². The molecule has 10 heteroatoms. The molecule has 3 heterocycles. The van der Waals surface area contributed by atoms with Gasteiger partial charge in [-0.15, -0.1) is 6.42 Å². The molecule has 2 aromatic heterocycles. The van der Waals surface area contributed by atoms with Gasteiger partial charge in [-0.3, -0.25) is 9.69 Å². The Balaban J connectivity index is 1.52. The number of anilines is 2. The van der Waals surface area contributed by atoms with E-state index in [1.165, 1.54) is 12.4 Å². The van der Waals surface area contributed by atoms with Crippen molar-refractivity contribution in [2.45, 2.75) is 19.0 Å². The number of nitrogens with zero attached hydrogens (tertiary/aromatic N) is 4. The fourth-order valence-electron chi connectivity index (χ4n) is 4.42. The maximum atomic E-state index is 12.6. The number of piperidine rings is 1. The quantitative estimate of drug-likeness (QED) is 0.330. The molecule has 0 unspecified atom stereocenters. The van der Waals surface area contributed by atoms with Crippen LogP contribution in [0.25, 0.3) is 5.52 Å². The van der Waals surface area contributed by atoms with E-state index < -0.39 is 12.0 Å². The molecule has 3 N–H and O–H groups in total. The molecular formula is C26H29N7O3. The van der Waals surface area contributed by atoms with Gasteiger partial charge in [0.1, 0.15) is 18.5 Å². The number of carbonyl (C=O) groups is 2. The van der Waals surface area contributed by atoms with Gasteiger partial charge in [-0.2, -0.15) is 5.10 Å². The van der Waals surface area contributed by atoms with Crippen LogP contribution in [-0.2, 0) is 16.1 Å². The van der Waals surface area contributed by atoms with E-state index in [1.54, 1.807) is 11.6 Å². The molecule has 4 rings (SSSR count). The van der Waals surface area contributed by atoms with Crippen LogP contribution in [-0.4, -0.2) is 64.3 Å². The summed E-state index contributed by atoms with van der Waals surface area (Å²) in [7, 11) is 1.60. The fourth-order valence-corrected chi connectivity index (χ4v) is 4.42. The summed E-state index contributed by atoms with van der Waals surface area (Å²) in [4.78, 5) is 31.4. The first-order chi connectivity index (χ1) is 17.5. The first-order valence-electron chi connectivity index (χ1n) is 11.7. The van der Waals surface area contributed by atoms with Crippen molar-refractivity contribution < 1.29 is 14.3 Å². The van der Waals surface area contributed by atoms with Gasteiger partial charge in [-0.05, 0) is 36.2 Å². The van der Waals surface area contributed by atoms with Crippen molar-refractivity contribution in [3.63, 3.8) is 0 Å². The van der Waals surface area contributed by atoms with Crippen molar-refractivity contribution in [2.24, 2.45) is 5.92 Å². The van der Waals surface area contributed by atoms with Crippen molar-refractivity contribution in [1.82, 2.24) is 30.1 Å². The second-order valence-electron chi connectivity index (χ2n) is 8.48. The summed E-state index contributed by atoms with van der Waals surface area (Å²) in [5.74, 6) is 2.74. The molecule has 1 aliphatic heterocycles. The molecule has 0 bridgehead atoms. The fraction of sp³-hybridized carbons (Fsp3) is 0.308. The Bertz CT molecular complexity index is 1300. The van der Waals surface area contributed by atoms with E-state index in [4.69, 9.17) is 11.2 Å². The number of nitrogens with one attached hydrogen (secondary N) is 3. The zero-order valence-corrected chi connectivity index (χ0v) is 20.1. The lowest BCUT2D eigenvalue weighted by molar-refractivity contribution is -0.127. The van der Waals surface area contributed by atoms with Gasteiger partial charge < -0.3 is 20.7 Å². The molecule has 10 nitrogen and oxygen atoms in total. The molecule has 36 heavy (non-hydrogen) atoms. The van der Waals surface area contributed by atoms with Crippen LogP contribution in [0.5, 0.6) is 0 Å². The molecule has 0 aliphatic carbocycles. The number of rotatable bonds is 8. The minimum absolute atomic E-state index is 0.114. The summed E-state index contributed by atoms with van der Waals surface area (Å²) < 4.78 is 6.82. The standard InChI is InChI=1S/C26H29N7O3/c1-4-13-36-26(35)31-22-10-11-32(16-21(22)25(34)27-3)15-19-9-12-33-23(19)24(28-17-29-33)30-20-8-6-7-18(5-2)14-20/h2,4,6-9,12,14,17,21-22H,1,10-11,13,15-16H2,3H3,(H,27,34)(H,31,35)(H,28,29,30)/t21-,22-/m1/s1. The Morgan fingerprint density at radius 1 is 1.36 bits per heavy atom. The van der Waals surface area contributed by atoms with Gasteiger partial charge >= 0.3 is 6.09 Å². The molecule has 1 fully saturated rings. The minimum atomic E-state index is -0.553. The Morgan fingerprint density at radius 2 is 2.22 bits per heavy atom. The average Bonchev–Trinajstić information content (AvgIpc) is 3.31.